The van der Waals surface area contributed by atoms with E-state index in [1.165, 1.54) is 25.7 Å². The van der Waals surface area contributed by atoms with Crippen molar-refractivity contribution in [2.45, 2.75) is 84.8 Å². The molecule has 0 bridgehead atoms. The fraction of sp³-hybridized carbons (Fsp3) is 0.875. The van der Waals surface area contributed by atoms with Gasteiger partial charge in [0.15, 0.2) is 0 Å². The Morgan fingerprint density at radius 1 is 1.06 bits per heavy atom. The lowest BCUT2D eigenvalue weighted by Crippen LogP contribution is -2.13. The Kier molecular flexibility index (Phi) is 16.3. The molecule has 2 nitrogen and oxygen atoms in total. The van der Waals surface area contributed by atoms with Gasteiger partial charge in [0.25, 0.3) is 0 Å². The lowest BCUT2D eigenvalue weighted by molar-refractivity contribution is 0.0848. The molecule has 18 heavy (non-hydrogen) atoms. The molecule has 2 N–H and O–H groups in total. The molecule has 0 spiro atoms. The molecule has 0 aromatic carbocycles. The highest BCUT2D eigenvalue weighted by Crippen LogP contribution is 2.14. The van der Waals surface area contributed by atoms with Crippen molar-refractivity contribution in [3.05, 3.63) is 12.7 Å². The van der Waals surface area contributed by atoms with E-state index in [1.807, 2.05) is 13.0 Å². The number of hydrogen-bond acceptors (Lipinski definition) is 2. The maximum absolute atomic E-state index is 9.06. The zero-order chi connectivity index (χ0) is 14.4. The Hall–Kier alpha value is -0.340. The van der Waals surface area contributed by atoms with Gasteiger partial charge in [-0.05, 0) is 32.1 Å². The number of rotatable bonds is 9. The predicted molar refractivity (Wildman–Crippen MR) is 80.7 cm³/mol. The van der Waals surface area contributed by atoms with Gasteiger partial charge < -0.3 is 10.2 Å². The zero-order valence-electron chi connectivity index (χ0n) is 12.9. The standard InChI is InChI=1S/C9H18.C7H16O2/c1-4-7-9(6-3)8-5-2;1-3-4-7(9)5-6(2)8/h4,9H,1,5-8H2,2-3H3;6-9H,3-5H2,1-2H3. The maximum Gasteiger partial charge on any atom is 0.0564 e. The summed E-state index contributed by atoms with van der Waals surface area (Å²) in [6.45, 7) is 11.9. The lowest BCUT2D eigenvalue weighted by Gasteiger charge is -2.09. The Labute approximate surface area is 114 Å². The molecule has 2 heteroatoms. The summed E-state index contributed by atoms with van der Waals surface area (Å²) in [5, 5.41) is 17.8. The minimum absolute atomic E-state index is 0.310. The molecule has 0 rings (SSSR count). The van der Waals surface area contributed by atoms with E-state index in [2.05, 4.69) is 20.4 Å². The summed E-state index contributed by atoms with van der Waals surface area (Å²) in [6, 6.07) is 0. The van der Waals surface area contributed by atoms with Crippen molar-refractivity contribution in [1.82, 2.24) is 0 Å². The topological polar surface area (TPSA) is 40.5 Å². The molecule has 0 aliphatic heterocycles. The number of aliphatic hydroxyl groups excluding tert-OH is 2. The third-order valence-electron chi connectivity index (χ3n) is 3.01. The minimum Gasteiger partial charge on any atom is -0.393 e. The Morgan fingerprint density at radius 3 is 1.94 bits per heavy atom. The van der Waals surface area contributed by atoms with E-state index >= 15 is 0 Å². The van der Waals surface area contributed by atoms with Crippen LogP contribution in [0.15, 0.2) is 12.7 Å². The molecular weight excluding hydrogens is 224 g/mol. The molecule has 0 aliphatic carbocycles. The van der Waals surface area contributed by atoms with Crippen molar-refractivity contribution in [2.75, 3.05) is 0 Å². The Bertz CT molecular complexity index is 166. The fourth-order valence-electron chi connectivity index (χ4n) is 1.98. The molecule has 0 aromatic rings. The first-order chi connectivity index (χ1) is 8.51. The fourth-order valence-corrected chi connectivity index (χ4v) is 1.98. The Morgan fingerprint density at radius 2 is 1.61 bits per heavy atom. The van der Waals surface area contributed by atoms with Crippen molar-refractivity contribution in [3.63, 3.8) is 0 Å². The lowest BCUT2D eigenvalue weighted by atomic mass is 9.97. The van der Waals surface area contributed by atoms with E-state index in [0.29, 0.717) is 6.42 Å². The van der Waals surface area contributed by atoms with E-state index < -0.39 is 0 Å². The first kappa shape index (κ1) is 20.0. The summed E-state index contributed by atoms with van der Waals surface area (Å²) in [4.78, 5) is 0. The van der Waals surface area contributed by atoms with Crippen LogP contribution >= 0.6 is 0 Å². The zero-order valence-corrected chi connectivity index (χ0v) is 12.9. The smallest absolute Gasteiger partial charge is 0.0564 e. The Balaban J connectivity index is 0. The van der Waals surface area contributed by atoms with E-state index in [4.69, 9.17) is 10.2 Å². The van der Waals surface area contributed by atoms with Crippen LogP contribution in [0.2, 0.25) is 0 Å². The molecular formula is C16H34O2. The van der Waals surface area contributed by atoms with Gasteiger partial charge in [0.1, 0.15) is 0 Å². The summed E-state index contributed by atoms with van der Waals surface area (Å²) in [7, 11) is 0. The van der Waals surface area contributed by atoms with E-state index in [1.54, 1.807) is 6.92 Å². The molecule has 0 radical (unpaired) electrons. The van der Waals surface area contributed by atoms with Gasteiger partial charge in [-0.1, -0.05) is 52.5 Å². The second-order valence-corrected chi connectivity index (χ2v) is 5.11. The van der Waals surface area contributed by atoms with Crippen LogP contribution in [-0.2, 0) is 0 Å². The monoisotopic (exact) mass is 258 g/mol. The van der Waals surface area contributed by atoms with Crippen molar-refractivity contribution in [2.24, 2.45) is 5.92 Å². The van der Waals surface area contributed by atoms with Gasteiger partial charge in [-0.2, -0.15) is 0 Å². The van der Waals surface area contributed by atoms with E-state index in [9.17, 15) is 0 Å². The van der Waals surface area contributed by atoms with Crippen LogP contribution in [0.5, 0.6) is 0 Å². The van der Waals surface area contributed by atoms with Crippen LogP contribution < -0.4 is 0 Å². The van der Waals surface area contributed by atoms with Crippen LogP contribution in [0.4, 0.5) is 0 Å². The van der Waals surface area contributed by atoms with Gasteiger partial charge in [0.2, 0.25) is 0 Å². The largest absolute Gasteiger partial charge is 0.393 e. The van der Waals surface area contributed by atoms with Crippen LogP contribution in [0.1, 0.15) is 72.6 Å². The predicted octanol–water partition coefficient (Wildman–Crippen LogP) is 4.31. The highest BCUT2D eigenvalue weighted by Gasteiger charge is 2.05. The van der Waals surface area contributed by atoms with Crippen molar-refractivity contribution in [3.8, 4) is 0 Å². The molecule has 0 aromatic heterocycles. The highest BCUT2D eigenvalue weighted by atomic mass is 16.3. The number of hydrogen-bond donors (Lipinski definition) is 2. The molecule has 0 fully saturated rings. The first-order valence-corrected chi connectivity index (χ1v) is 7.48. The third-order valence-corrected chi connectivity index (χ3v) is 3.01. The molecule has 0 amide bonds. The van der Waals surface area contributed by atoms with Crippen LogP contribution in [0, 0.1) is 5.92 Å². The van der Waals surface area contributed by atoms with Gasteiger partial charge in [-0.15, -0.1) is 6.58 Å². The summed E-state index contributed by atoms with van der Waals surface area (Å²) >= 11 is 0. The van der Waals surface area contributed by atoms with Gasteiger partial charge in [-0.3, -0.25) is 0 Å². The quantitative estimate of drug-likeness (QED) is 0.605. The van der Waals surface area contributed by atoms with E-state index in [0.717, 1.165) is 18.8 Å². The number of aliphatic hydroxyl groups is 2. The van der Waals surface area contributed by atoms with Crippen LogP contribution in [-0.4, -0.2) is 22.4 Å². The average molecular weight is 258 g/mol. The molecule has 0 aliphatic rings. The summed E-state index contributed by atoms with van der Waals surface area (Å²) in [6.07, 6.45) is 8.82. The maximum atomic E-state index is 9.06. The van der Waals surface area contributed by atoms with Crippen LogP contribution in [0.25, 0.3) is 0 Å². The SMILES string of the molecule is C=CCC(CC)CCC.CCCC(O)CC(C)O. The first-order valence-electron chi connectivity index (χ1n) is 7.48. The van der Waals surface area contributed by atoms with Gasteiger partial charge in [-0.25, -0.2) is 0 Å². The van der Waals surface area contributed by atoms with Gasteiger partial charge in [0.05, 0.1) is 12.2 Å². The number of allylic oxidation sites excluding steroid dienone is 1. The summed E-state index contributed by atoms with van der Waals surface area (Å²) in [5.41, 5.74) is 0. The van der Waals surface area contributed by atoms with E-state index in [-0.39, 0.29) is 12.2 Å². The highest BCUT2D eigenvalue weighted by molar-refractivity contribution is 4.71. The van der Waals surface area contributed by atoms with Crippen molar-refractivity contribution in [1.29, 1.82) is 0 Å². The molecule has 0 heterocycles. The summed E-state index contributed by atoms with van der Waals surface area (Å²) < 4.78 is 0. The van der Waals surface area contributed by atoms with Gasteiger partial charge in [0, 0.05) is 0 Å². The second-order valence-electron chi connectivity index (χ2n) is 5.11. The second kappa shape index (κ2) is 14.7. The average Bonchev–Trinajstić information content (AvgIpc) is 2.29. The van der Waals surface area contributed by atoms with Crippen LogP contribution in [0.3, 0.4) is 0 Å². The van der Waals surface area contributed by atoms with Crippen molar-refractivity contribution < 1.29 is 10.2 Å². The molecule has 3 atom stereocenters. The molecule has 110 valence electrons. The summed E-state index contributed by atoms with van der Waals surface area (Å²) in [5.74, 6) is 0.896. The molecule has 0 saturated heterocycles. The van der Waals surface area contributed by atoms with Gasteiger partial charge >= 0.3 is 0 Å². The molecule has 0 saturated carbocycles. The van der Waals surface area contributed by atoms with Crippen molar-refractivity contribution >= 4 is 0 Å². The minimum atomic E-state index is -0.369. The molecule has 3 unspecified atom stereocenters. The third kappa shape index (κ3) is 15.7. The normalized spacial score (nSPS) is 15.2.